The van der Waals surface area contributed by atoms with Crippen molar-refractivity contribution in [3.05, 3.63) is 29.8 Å². The Bertz CT molecular complexity index is 477. The van der Waals surface area contributed by atoms with Gasteiger partial charge in [-0.3, -0.25) is 4.79 Å². The van der Waals surface area contributed by atoms with Gasteiger partial charge in [-0.1, -0.05) is 12.1 Å². The van der Waals surface area contributed by atoms with Crippen LogP contribution in [0.25, 0.3) is 0 Å². The largest absolute Gasteiger partial charge is 0.497 e. The summed E-state index contributed by atoms with van der Waals surface area (Å²) in [7, 11) is -1.58. The van der Waals surface area contributed by atoms with E-state index in [2.05, 4.69) is 0 Å². The monoisotopic (exact) mass is 242 g/mol. The quantitative estimate of drug-likeness (QED) is 0.730. The smallest absolute Gasteiger partial charge is 0.164 e. The van der Waals surface area contributed by atoms with Gasteiger partial charge in [0.2, 0.25) is 0 Å². The van der Waals surface area contributed by atoms with Gasteiger partial charge in [0.1, 0.15) is 15.6 Å². The summed E-state index contributed by atoms with van der Waals surface area (Å²) >= 11 is 0. The fourth-order valence-electron chi connectivity index (χ4n) is 1.22. The van der Waals surface area contributed by atoms with Gasteiger partial charge in [-0.25, -0.2) is 8.42 Å². The molecule has 0 saturated carbocycles. The standard InChI is InChI=1S/C11H14O4S/c1-15-10-5-3-4-9(8-10)11(12)6-7-16(2,13)14/h3-5,8H,6-7H2,1-2H3. The van der Waals surface area contributed by atoms with E-state index in [9.17, 15) is 13.2 Å². The molecule has 0 heterocycles. The molecule has 88 valence electrons. The molecule has 1 aromatic carbocycles. The van der Waals surface area contributed by atoms with Gasteiger partial charge in [0, 0.05) is 18.2 Å². The molecule has 0 aliphatic carbocycles. The summed E-state index contributed by atoms with van der Waals surface area (Å²) in [6.45, 7) is 0. The van der Waals surface area contributed by atoms with Gasteiger partial charge in [-0.2, -0.15) is 0 Å². The van der Waals surface area contributed by atoms with Crippen LogP contribution in [0.15, 0.2) is 24.3 Å². The van der Waals surface area contributed by atoms with Crippen molar-refractivity contribution >= 4 is 15.6 Å². The molecule has 0 N–H and O–H groups in total. The second-order valence-electron chi connectivity index (χ2n) is 3.54. The number of ether oxygens (including phenoxy) is 1. The topological polar surface area (TPSA) is 60.4 Å². The number of ketones is 1. The number of rotatable bonds is 5. The van der Waals surface area contributed by atoms with Gasteiger partial charge < -0.3 is 4.74 Å². The van der Waals surface area contributed by atoms with Gasteiger partial charge in [0.05, 0.1) is 12.9 Å². The van der Waals surface area contributed by atoms with E-state index < -0.39 is 9.84 Å². The molecule has 0 aliphatic rings. The first-order valence-corrected chi connectivity index (χ1v) is 6.83. The second kappa shape index (κ2) is 5.12. The molecule has 1 aromatic rings. The lowest BCUT2D eigenvalue weighted by atomic mass is 10.1. The highest BCUT2D eigenvalue weighted by molar-refractivity contribution is 7.90. The van der Waals surface area contributed by atoms with Crippen LogP contribution in [-0.2, 0) is 9.84 Å². The summed E-state index contributed by atoms with van der Waals surface area (Å²) in [5.41, 5.74) is 0.475. The van der Waals surface area contributed by atoms with E-state index in [4.69, 9.17) is 4.74 Å². The predicted molar refractivity (Wildman–Crippen MR) is 61.7 cm³/mol. The first kappa shape index (κ1) is 12.7. The van der Waals surface area contributed by atoms with E-state index in [1.807, 2.05) is 0 Å². The minimum Gasteiger partial charge on any atom is -0.497 e. The highest BCUT2D eigenvalue weighted by Gasteiger charge is 2.10. The van der Waals surface area contributed by atoms with Crippen LogP contribution < -0.4 is 4.74 Å². The van der Waals surface area contributed by atoms with E-state index in [-0.39, 0.29) is 18.0 Å². The molecule has 4 nitrogen and oxygen atoms in total. The van der Waals surface area contributed by atoms with Crippen molar-refractivity contribution in [1.82, 2.24) is 0 Å². The molecule has 0 saturated heterocycles. The van der Waals surface area contributed by atoms with Crippen LogP contribution in [0.3, 0.4) is 0 Å². The second-order valence-corrected chi connectivity index (χ2v) is 5.79. The average Bonchev–Trinajstić information content (AvgIpc) is 2.25. The molecule has 5 heteroatoms. The summed E-state index contributed by atoms with van der Waals surface area (Å²) < 4.78 is 26.8. The predicted octanol–water partition coefficient (Wildman–Crippen LogP) is 1.31. The van der Waals surface area contributed by atoms with Gasteiger partial charge in [0.25, 0.3) is 0 Å². The highest BCUT2D eigenvalue weighted by atomic mass is 32.2. The first-order chi connectivity index (χ1) is 7.42. The number of benzene rings is 1. The molecular weight excluding hydrogens is 228 g/mol. The Kier molecular flexibility index (Phi) is 4.06. The zero-order valence-electron chi connectivity index (χ0n) is 9.26. The van der Waals surface area contributed by atoms with E-state index in [1.54, 1.807) is 24.3 Å². The molecule has 0 radical (unpaired) electrons. The number of carbonyl (C=O) groups is 1. The van der Waals surface area contributed by atoms with Crippen molar-refractivity contribution in [3.8, 4) is 5.75 Å². The van der Waals surface area contributed by atoms with Crippen LogP contribution in [0, 0.1) is 0 Å². The third-order valence-electron chi connectivity index (χ3n) is 2.09. The maximum absolute atomic E-state index is 11.6. The average molecular weight is 242 g/mol. The molecule has 0 bridgehead atoms. The first-order valence-electron chi connectivity index (χ1n) is 4.77. The van der Waals surface area contributed by atoms with Crippen LogP contribution in [0.4, 0.5) is 0 Å². The lowest BCUT2D eigenvalue weighted by molar-refractivity contribution is 0.0988. The number of sulfone groups is 1. The van der Waals surface area contributed by atoms with Crippen LogP contribution >= 0.6 is 0 Å². The van der Waals surface area contributed by atoms with Crippen LogP contribution in [-0.4, -0.2) is 33.3 Å². The lowest BCUT2D eigenvalue weighted by Crippen LogP contribution is -2.09. The summed E-state index contributed by atoms with van der Waals surface area (Å²) in [4.78, 5) is 11.6. The van der Waals surface area contributed by atoms with Crippen LogP contribution in [0.1, 0.15) is 16.8 Å². The van der Waals surface area contributed by atoms with Gasteiger partial charge in [0.15, 0.2) is 5.78 Å². The van der Waals surface area contributed by atoms with E-state index in [1.165, 1.54) is 7.11 Å². The van der Waals surface area contributed by atoms with E-state index in [0.717, 1.165) is 6.26 Å². The van der Waals surface area contributed by atoms with Crippen molar-refractivity contribution in [2.75, 3.05) is 19.1 Å². The summed E-state index contributed by atoms with van der Waals surface area (Å²) in [6.07, 6.45) is 1.12. The maximum atomic E-state index is 11.6. The Balaban J connectivity index is 2.73. The molecule has 0 unspecified atom stereocenters. The molecule has 0 spiro atoms. The number of methoxy groups -OCH3 is 1. The Morgan fingerprint density at radius 1 is 1.38 bits per heavy atom. The van der Waals surface area contributed by atoms with Crippen LogP contribution in [0.2, 0.25) is 0 Å². The third kappa shape index (κ3) is 4.02. The number of hydrogen-bond donors (Lipinski definition) is 0. The maximum Gasteiger partial charge on any atom is 0.164 e. The number of carbonyl (C=O) groups excluding carboxylic acids is 1. The molecule has 0 aliphatic heterocycles. The lowest BCUT2D eigenvalue weighted by Gasteiger charge is -2.03. The Morgan fingerprint density at radius 2 is 2.06 bits per heavy atom. The number of Topliss-reactive ketones (excluding diaryl/α,β-unsaturated/α-hetero) is 1. The Labute approximate surface area is 95.2 Å². The molecule has 0 fully saturated rings. The fraction of sp³-hybridized carbons (Fsp3) is 0.364. The summed E-state index contributed by atoms with van der Waals surface area (Å²) in [6, 6.07) is 6.68. The van der Waals surface area contributed by atoms with E-state index >= 15 is 0 Å². The minimum atomic E-state index is -3.09. The van der Waals surface area contributed by atoms with Crippen molar-refractivity contribution in [2.24, 2.45) is 0 Å². The number of hydrogen-bond acceptors (Lipinski definition) is 4. The Hall–Kier alpha value is -1.36. The molecular formula is C11H14O4S. The van der Waals surface area contributed by atoms with Gasteiger partial charge in [-0.15, -0.1) is 0 Å². The Morgan fingerprint density at radius 3 is 2.62 bits per heavy atom. The normalized spacial score (nSPS) is 11.1. The summed E-state index contributed by atoms with van der Waals surface area (Å²) in [5, 5.41) is 0. The van der Waals surface area contributed by atoms with Crippen molar-refractivity contribution in [1.29, 1.82) is 0 Å². The zero-order valence-corrected chi connectivity index (χ0v) is 10.1. The molecule has 0 atom stereocenters. The zero-order chi connectivity index (χ0) is 12.2. The van der Waals surface area contributed by atoms with Gasteiger partial charge in [-0.05, 0) is 12.1 Å². The molecule has 0 aromatic heterocycles. The van der Waals surface area contributed by atoms with Gasteiger partial charge >= 0.3 is 0 Å². The molecule has 1 rings (SSSR count). The molecule has 0 amide bonds. The fourth-order valence-corrected chi connectivity index (χ4v) is 1.78. The minimum absolute atomic E-state index is 0.00595. The highest BCUT2D eigenvalue weighted by Crippen LogP contribution is 2.14. The van der Waals surface area contributed by atoms with Crippen molar-refractivity contribution < 1.29 is 17.9 Å². The molecule has 16 heavy (non-hydrogen) atoms. The van der Waals surface area contributed by atoms with Crippen LogP contribution in [0.5, 0.6) is 5.75 Å². The van der Waals surface area contributed by atoms with Crippen molar-refractivity contribution in [2.45, 2.75) is 6.42 Å². The van der Waals surface area contributed by atoms with E-state index in [0.29, 0.717) is 11.3 Å². The third-order valence-corrected chi connectivity index (χ3v) is 3.04. The SMILES string of the molecule is COc1cccc(C(=O)CCS(C)(=O)=O)c1. The van der Waals surface area contributed by atoms with Crippen molar-refractivity contribution in [3.63, 3.8) is 0 Å². The summed E-state index contributed by atoms with van der Waals surface area (Å²) in [5.74, 6) is 0.276.